The van der Waals surface area contributed by atoms with Gasteiger partial charge in [-0.15, -0.1) is 29.1 Å². The van der Waals surface area contributed by atoms with Crippen molar-refractivity contribution in [1.82, 2.24) is 4.98 Å². The summed E-state index contributed by atoms with van der Waals surface area (Å²) in [6, 6.07) is 21.7. The summed E-state index contributed by atoms with van der Waals surface area (Å²) < 4.78 is 35.7. The van der Waals surface area contributed by atoms with Gasteiger partial charge in [-0.1, -0.05) is 101 Å². The number of allylic oxidation sites excluding steroid dienone is 2. The van der Waals surface area contributed by atoms with E-state index in [0.717, 1.165) is 36.0 Å². The van der Waals surface area contributed by atoms with Crippen LogP contribution in [0.3, 0.4) is 0 Å². The van der Waals surface area contributed by atoms with Gasteiger partial charge in [0, 0.05) is 43.2 Å². The maximum Gasteiger partial charge on any atom is 0.448 e. The van der Waals surface area contributed by atoms with Crippen molar-refractivity contribution >= 4 is 27.5 Å². The molecule has 7 heteroatoms. The average molecular weight is 835 g/mol. The molecule has 1 heterocycles. The second-order valence-corrected chi connectivity index (χ2v) is 14.6. The molecule has 0 unspecified atom stereocenters. The van der Waals surface area contributed by atoms with E-state index >= 15 is 0 Å². The molecule has 2 aliphatic rings. The van der Waals surface area contributed by atoms with E-state index in [0.29, 0.717) is 24.8 Å². The quantitative estimate of drug-likeness (QED) is 0.127. The summed E-state index contributed by atoms with van der Waals surface area (Å²) >= 11 is 0. The summed E-state index contributed by atoms with van der Waals surface area (Å²) in [5.41, 5.74) is 8.89. The third-order valence-corrected chi connectivity index (χ3v) is 9.76. The van der Waals surface area contributed by atoms with Gasteiger partial charge in [0.15, 0.2) is 5.78 Å². The molecule has 2 saturated carbocycles. The van der Waals surface area contributed by atoms with Gasteiger partial charge in [0.25, 0.3) is 0 Å². The van der Waals surface area contributed by atoms with E-state index in [4.69, 9.17) is 10.1 Å². The first-order chi connectivity index (χ1) is 22.2. The number of hydrogen-bond acceptors (Lipinski definition) is 3. The summed E-state index contributed by atoms with van der Waals surface area (Å²) in [4.78, 5) is 16.5. The zero-order valence-corrected chi connectivity index (χ0v) is 31.1. The Bertz CT molecular complexity index is 1780. The van der Waals surface area contributed by atoms with Gasteiger partial charge in [0.2, 0.25) is 5.76 Å². The molecule has 0 spiro atoms. The Morgan fingerprint density at radius 1 is 0.896 bits per heavy atom. The van der Waals surface area contributed by atoms with Crippen LogP contribution in [0.15, 0.2) is 60.4 Å². The van der Waals surface area contributed by atoms with E-state index in [1.807, 2.05) is 0 Å². The monoisotopic (exact) mass is 835 g/mol. The van der Waals surface area contributed by atoms with Crippen molar-refractivity contribution < 1.29 is 43.2 Å². The van der Waals surface area contributed by atoms with Crippen LogP contribution < -0.4 is 0 Å². The molecule has 1 aromatic heterocycles. The smallest absolute Gasteiger partial charge is 0.448 e. The largest absolute Gasteiger partial charge is 0.504 e. The number of fused-ring (bicyclic) bond motifs is 2. The van der Waals surface area contributed by atoms with Crippen molar-refractivity contribution in [2.24, 2.45) is 5.92 Å². The molecular weight excluding hydrogens is 788 g/mol. The number of rotatable bonds is 4. The minimum Gasteiger partial charge on any atom is -0.504 e. The number of aromatic nitrogens is 1. The molecule has 0 aliphatic heterocycles. The van der Waals surface area contributed by atoms with E-state index in [1.54, 1.807) is 0 Å². The van der Waals surface area contributed by atoms with Crippen LogP contribution in [-0.2, 0) is 30.3 Å². The Morgan fingerprint density at radius 3 is 2.15 bits per heavy atom. The molecule has 0 saturated heterocycles. The van der Waals surface area contributed by atoms with Gasteiger partial charge in [-0.2, -0.15) is 13.2 Å². The molecule has 0 bridgehead atoms. The van der Waals surface area contributed by atoms with Gasteiger partial charge in [0.05, 0.1) is 5.52 Å². The standard InChI is InChI=1S/C31H34N.C10H13F3O2.Ir/c1-20-15-21(2)30-26(22-11-7-6-8-12-22)19-28(32-29(30)16-20)24-17-23-13-9-10-14-25(23)27(18-24)31(3,4)5;11-10(12,13)9(15)6-8(14)7-4-2-1-3-5-7;/h9-10,13-16,18-19,22H,6-8,11-12H2,1-5H3;6-7,15H,1-5H2;/q-1;;/b;9-6-;. The summed E-state index contributed by atoms with van der Waals surface area (Å²) in [5, 5.41) is 12.5. The Morgan fingerprint density at radius 2 is 1.52 bits per heavy atom. The number of nitrogens with zero attached hydrogens (tertiary/aromatic N) is 1. The van der Waals surface area contributed by atoms with E-state index in [1.165, 1.54) is 70.5 Å². The van der Waals surface area contributed by atoms with Crippen LogP contribution >= 0.6 is 0 Å². The van der Waals surface area contributed by atoms with Gasteiger partial charge in [0.1, 0.15) is 0 Å². The summed E-state index contributed by atoms with van der Waals surface area (Å²) in [6.07, 6.45) is 6.16. The zero-order chi connectivity index (χ0) is 33.9. The Hall–Kier alpha value is -3.02. The fourth-order valence-corrected chi connectivity index (χ4v) is 7.37. The first kappa shape index (κ1) is 37.8. The first-order valence-electron chi connectivity index (χ1n) is 17.1. The molecule has 6 rings (SSSR count). The summed E-state index contributed by atoms with van der Waals surface area (Å²) in [7, 11) is 0. The number of benzene rings is 3. The molecule has 0 amide bonds. The van der Waals surface area contributed by atoms with E-state index in [-0.39, 0.29) is 31.4 Å². The normalized spacial score (nSPS) is 16.7. The first-order valence-corrected chi connectivity index (χ1v) is 17.1. The van der Waals surface area contributed by atoms with Crippen LogP contribution in [0.1, 0.15) is 113 Å². The van der Waals surface area contributed by atoms with E-state index in [2.05, 4.69) is 89.2 Å². The molecular formula is C41H47F3IrNO2-. The number of aryl methyl sites for hydroxylation is 2. The molecule has 2 aliphatic carbocycles. The molecule has 3 nitrogen and oxygen atoms in total. The number of aliphatic hydroxyl groups excluding tert-OH is 1. The number of ketones is 1. The van der Waals surface area contributed by atoms with Crippen LogP contribution in [0.2, 0.25) is 0 Å². The number of alkyl halides is 3. The van der Waals surface area contributed by atoms with Crippen LogP contribution in [0.25, 0.3) is 32.9 Å². The number of halogens is 3. The van der Waals surface area contributed by atoms with Crippen LogP contribution in [0.5, 0.6) is 0 Å². The fraction of sp³-hybridized carbons (Fsp3) is 0.463. The summed E-state index contributed by atoms with van der Waals surface area (Å²) in [5.74, 6) is -2.11. The van der Waals surface area contributed by atoms with Crippen molar-refractivity contribution in [1.29, 1.82) is 0 Å². The fourth-order valence-electron chi connectivity index (χ4n) is 7.37. The van der Waals surface area contributed by atoms with Crippen molar-refractivity contribution in [3.05, 3.63) is 88.7 Å². The van der Waals surface area contributed by atoms with E-state index < -0.39 is 17.7 Å². The van der Waals surface area contributed by atoms with Crippen LogP contribution in [0, 0.1) is 25.8 Å². The van der Waals surface area contributed by atoms with Gasteiger partial charge in [-0.25, -0.2) is 0 Å². The molecule has 3 aromatic carbocycles. The number of aliphatic hydroxyl groups is 1. The zero-order valence-electron chi connectivity index (χ0n) is 28.7. The third kappa shape index (κ3) is 8.95. The minimum atomic E-state index is -4.82. The average Bonchev–Trinajstić information content (AvgIpc) is 3.03. The molecule has 4 aromatic rings. The Labute approximate surface area is 296 Å². The predicted octanol–water partition coefficient (Wildman–Crippen LogP) is 12.0. The summed E-state index contributed by atoms with van der Waals surface area (Å²) in [6.45, 7) is 11.3. The molecule has 0 atom stereocenters. The molecule has 2 fully saturated rings. The predicted molar refractivity (Wildman–Crippen MR) is 186 cm³/mol. The number of pyridine rings is 1. The van der Waals surface area contributed by atoms with Crippen LogP contribution in [0.4, 0.5) is 13.2 Å². The minimum absolute atomic E-state index is 0. The maximum atomic E-state index is 11.9. The second kappa shape index (κ2) is 15.7. The Kier molecular flexibility index (Phi) is 12.3. The van der Waals surface area contributed by atoms with Crippen LogP contribution in [-0.4, -0.2) is 22.1 Å². The number of hydrogen-bond donors (Lipinski definition) is 1. The van der Waals surface area contributed by atoms with Gasteiger partial charge in [-0.3, -0.25) is 9.78 Å². The SMILES string of the molecule is Cc1cc(C)c2c(C3CCCCC3)cc(-c3[c-]c4ccccc4c(C(C)(C)C)c3)nc2c1.O=C(/C=C(\O)C(F)(F)F)C1CCCCC1.[Ir]. The molecule has 259 valence electrons. The topological polar surface area (TPSA) is 50.2 Å². The maximum absolute atomic E-state index is 11.9. The van der Waals surface area contributed by atoms with E-state index in [9.17, 15) is 18.0 Å². The number of carbonyl (C=O) groups excluding carboxylic acids is 1. The van der Waals surface area contributed by atoms with Crippen molar-refractivity contribution in [2.45, 2.75) is 116 Å². The van der Waals surface area contributed by atoms with Gasteiger partial charge >= 0.3 is 6.18 Å². The Balaban J connectivity index is 0.000000276. The third-order valence-electron chi connectivity index (χ3n) is 9.76. The molecule has 48 heavy (non-hydrogen) atoms. The van der Waals surface area contributed by atoms with Crippen molar-refractivity contribution in [3.63, 3.8) is 0 Å². The van der Waals surface area contributed by atoms with Gasteiger partial charge in [-0.05, 0) is 73.6 Å². The number of carbonyl (C=O) groups is 1. The molecule has 1 N–H and O–H groups in total. The van der Waals surface area contributed by atoms with Crippen molar-refractivity contribution in [2.75, 3.05) is 0 Å². The second-order valence-electron chi connectivity index (χ2n) is 14.6. The van der Waals surface area contributed by atoms with Crippen molar-refractivity contribution in [3.8, 4) is 11.3 Å². The molecule has 1 radical (unpaired) electrons. The van der Waals surface area contributed by atoms with Gasteiger partial charge < -0.3 is 5.11 Å².